The Morgan fingerprint density at radius 2 is 2.25 bits per heavy atom. The van der Waals surface area contributed by atoms with Crippen LogP contribution in [0.4, 0.5) is 0 Å². The third-order valence-corrected chi connectivity index (χ3v) is 4.19. The molecule has 0 bridgehead atoms. The molecule has 0 radical (unpaired) electrons. The van der Waals surface area contributed by atoms with Crippen LogP contribution < -0.4 is 10.1 Å². The van der Waals surface area contributed by atoms with Gasteiger partial charge in [0.25, 0.3) is 5.91 Å². The fourth-order valence-electron chi connectivity index (χ4n) is 3.06. The highest BCUT2D eigenvalue weighted by Crippen LogP contribution is 2.21. The molecule has 1 aliphatic heterocycles. The van der Waals surface area contributed by atoms with Crippen LogP contribution in [0.1, 0.15) is 37.2 Å². The molecule has 2 heterocycles. The molecule has 128 valence electrons. The monoisotopic (exact) mass is 329 g/mol. The summed E-state index contributed by atoms with van der Waals surface area (Å²) in [7, 11) is 0. The zero-order chi connectivity index (χ0) is 17.1. The molecule has 0 unspecified atom stereocenters. The number of hydrogen-bond donors (Lipinski definition) is 2. The van der Waals surface area contributed by atoms with Crippen LogP contribution in [0.25, 0.3) is 10.9 Å². The number of carbonyl (C=O) groups excluding carboxylic acids is 2. The number of carbonyl (C=O) groups is 2. The lowest BCUT2D eigenvalue weighted by Gasteiger charge is -2.21. The lowest BCUT2D eigenvalue weighted by molar-refractivity contribution is -0.127. The number of nitrogens with zero attached hydrogens (tertiary/aromatic N) is 1. The standard InChI is InChI=1S/C18H23N3O3/c1-3-24-14-7-6-13-9-16(20-15(13)10-14)18(23)19-12(2)11-21-8-4-5-17(21)22/h6-7,9-10,12,20H,3-5,8,11H2,1-2H3,(H,19,23)/t12-/m0/s1. The topological polar surface area (TPSA) is 74.4 Å². The minimum Gasteiger partial charge on any atom is -0.494 e. The molecule has 1 atom stereocenters. The lowest BCUT2D eigenvalue weighted by atomic mass is 10.2. The van der Waals surface area contributed by atoms with Gasteiger partial charge in [-0.1, -0.05) is 0 Å². The quantitative estimate of drug-likeness (QED) is 0.854. The molecule has 1 aliphatic rings. The van der Waals surface area contributed by atoms with Crippen LogP contribution in [0.5, 0.6) is 5.75 Å². The Hall–Kier alpha value is -2.50. The van der Waals surface area contributed by atoms with Crippen LogP contribution in [-0.4, -0.2) is 47.4 Å². The highest BCUT2D eigenvalue weighted by Gasteiger charge is 2.22. The van der Waals surface area contributed by atoms with Gasteiger partial charge in [0, 0.05) is 42.5 Å². The number of aromatic nitrogens is 1. The summed E-state index contributed by atoms with van der Waals surface area (Å²) >= 11 is 0. The lowest BCUT2D eigenvalue weighted by Crippen LogP contribution is -2.42. The molecule has 0 spiro atoms. The first-order chi connectivity index (χ1) is 11.6. The van der Waals surface area contributed by atoms with E-state index in [1.54, 1.807) is 0 Å². The van der Waals surface area contributed by atoms with E-state index in [4.69, 9.17) is 4.74 Å². The predicted octanol–water partition coefficient (Wildman–Crippen LogP) is 2.31. The molecule has 2 aromatic rings. The summed E-state index contributed by atoms with van der Waals surface area (Å²) in [5.41, 5.74) is 1.38. The van der Waals surface area contributed by atoms with Crippen molar-refractivity contribution in [2.75, 3.05) is 19.7 Å². The van der Waals surface area contributed by atoms with Gasteiger partial charge >= 0.3 is 0 Å². The molecule has 1 aromatic heterocycles. The summed E-state index contributed by atoms with van der Waals surface area (Å²) in [4.78, 5) is 29.0. The second kappa shape index (κ2) is 6.95. The molecule has 0 aliphatic carbocycles. The van der Waals surface area contributed by atoms with E-state index in [2.05, 4.69) is 10.3 Å². The molecule has 1 aromatic carbocycles. The molecular weight excluding hydrogens is 306 g/mol. The maximum absolute atomic E-state index is 12.4. The minimum absolute atomic E-state index is 0.0926. The van der Waals surface area contributed by atoms with E-state index in [1.165, 1.54) is 0 Å². The van der Waals surface area contributed by atoms with E-state index >= 15 is 0 Å². The number of amides is 2. The Kier molecular flexibility index (Phi) is 4.74. The van der Waals surface area contributed by atoms with E-state index in [0.717, 1.165) is 29.6 Å². The van der Waals surface area contributed by atoms with Crippen molar-refractivity contribution in [2.45, 2.75) is 32.7 Å². The van der Waals surface area contributed by atoms with E-state index in [9.17, 15) is 9.59 Å². The SMILES string of the molecule is CCOc1ccc2cc(C(=O)N[C@@H](C)CN3CCCC3=O)[nH]c2c1. The molecule has 6 heteroatoms. The summed E-state index contributed by atoms with van der Waals surface area (Å²) in [5.74, 6) is 0.785. The Morgan fingerprint density at radius 1 is 1.42 bits per heavy atom. The first-order valence-electron chi connectivity index (χ1n) is 8.41. The van der Waals surface area contributed by atoms with Crippen LogP contribution in [0.15, 0.2) is 24.3 Å². The third kappa shape index (κ3) is 3.53. The average molecular weight is 329 g/mol. The highest BCUT2D eigenvalue weighted by molar-refractivity contribution is 5.98. The van der Waals surface area contributed by atoms with Gasteiger partial charge in [0.05, 0.1) is 6.61 Å². The summed E-state index contributed by atoms with van der Waals surface area (Å²) in [6, 6.07) is 7.45. The van der Waals surface area contributed by atoms with Gasteiger partial charge in [-0.15, -0.1) is 0 Å². The number of rotatable bonds is 6. The van der Waals surface area contributed by atoms with Crippen molar-refractivity contribution in [1.82, 2.24) is 15.2 Å². The predicted molar refractivity (Wildman–Crippen MR) is 92.2 cm³/mol. The maximum Gasteiger partial charge on any atom is 0.267 e. The van der Waals surface area contributed by atoms with Gasteiger partial charge in [0.1, 0.15) is 11.4 Å². The van der Waals surface area contributed by atoms with Crippen molar-refractivity contribution in [3.63, 3.8) is 0 Å². The largest absolute Gasteiger partial charge is 0.494 e. The fraction of sp³-hybridized carbons (Fsp3) is 0.444. The van der Waals surface area contributed by atoms with Crippen molar-refractivity contribution in [1.29, 1.82) is 0 Å². The fourth-order valence-corrected chi connectivity index (χ4v) is 3.06. The number of hydrogen-bond acceptors (Lipinski definition) is 3. The van der Waals surface area contributed by atoms with E-state index in [1.807, 2.05) is 43.0 Å². The minimum atomic E-state index is -0.164. The molecule has 1 saturated heterocycles. The number of likely N-dealkylation sites (tertiary alicyclic amines) is 1. The molecule has 3 rings (SSSR count). The van der Waals surface area contributed by atoms with Crippen molar-refractivity contribution < 1.29 is 14.3 Å². The summed E-state index contributed by atoms with van der Waals surface area (Å²) in [6.07, 6.45) is 1.52. The number of benzene rings is 1. The van der Waals surface area contributed by atoms with Crippen molar-refractivity contribution in [2.24, 2.45) is 0 Å². The number of ether oxygens (including phenoxy) is 1. The molecular formula is C18H23N3O3. The van der Waals surface area contributed by atoms with Crippen LogP contribution >= 0.6 is 0 Å². The normalized spacial score (nSPS) is 15.8. The smallest absolute Gasteiger partial charge is 0.267 e. The molecule has 24 heavy (non-hydrogen) atoms. The van der Waals surface area contributed by atoms with E-state index < -0.39 is 0 Å². The number of nitrogens with one attached hydrogen (secondary N) is 2. The van der Waals surface area contributed by atoms with Crippen LogP contribution in [0.3, 0.4) is 0 Å². The van der Waals surface area contributed by atoms with Gasteiger partial charge in [-0.25, -0.2) is 0 Å². The van der Waals surface area contributed by atoms with Crippen LogP contribution in [-0.2, 0) is 4.79 Å². The van der Waals surface area contributed by atoms with Crippen LogP contribution in [0.2, 0.25) is 0 Å². The maximum atomic E-state index is 12.4. The van der Waals surface area contributed by atoms with Gasteiger partial charge in [0.2, 0.25) is 5.91 Å². The molecule has 0 saturated carbocycles. The Bertz CT molecular complexity index is 753. The van der Waals surface area contributed by atoms with Gasteiger partial charge < -0.3 is 19.9 Å². The van der Waals surface area contributed by atoms with E-state index in [-0.39, 0.29) is 17.9 Å². The Morgan fingerprint density at radius 3 is 2.96 bits per heavy atom. The summed E-state index contributed by atoms with van der Waals surface area (Å²) < 4.78 is 5.47. The van der Waals surface area contributed by atoms with Crippen molar-refractivity contribution in [3.8, 4) is 5.75 Å². The molecule has 2 N–H and O–H groups in total. The second-order valence-corrected chi connectivity index (χ2v) is 6.18. The number of aromatic amines is 1. The third-order valence-electron chi connectivity index (χ3n) is 4.19. The zero-order valence-electron chi connectivity index (χ0n) is 14.1. The van der Waals surface area contributed by atoms with Gasteiger partial charge in [-0.3, -0.25) is 9.59 Å². The van der Waals surface area contributed by atoms with E-state index in [0.29, 0.717) is 25.3 Å². The number of fused-ring (bicyclic) bond motifs is 1. The summed E-state index contributed by atoms with van der Waals surface area (Å²) in [6.45, 7) is 5.79. The Balaban J connectivity index is 1.65. The Labute approximate surface area is 141 Å². The number of H-pyrrole nitrogens is 1. The second-order valence-electron chi connectivity index (χ2n) is 6.18. The molecule has 2 amide bonds. The average Bonchev–Trinajstić information content (AvgIpc) is 3.14. The van der Waals surface area contributed by atoms with Gasteiger partial charge in [0.15, 0.2) is 0 Å². The molecule has 6 nitrogen and oxygen atoms in total. The van der Waals surface area contributed by atoms with Crippen molar-refractivity contribution >= 4 is 22.7 Å². The molecule has 1 fully saturated rings. The highest BCUT2D eigenvalue weighted by atomic mass is 16.5. The first-order valence-corrected chi connectivity index (χ1v) is 8.41. The zero-order valence-corrected chi connectivity index (χ0v) is 14.1. The van der Waals surface area contributed by atoms with Crippen molar-refractivity contribution in [3.05, 3.63) is 30.0 Å². The van der Waals surface area contributed by atoms with Crippen LogP contribution in [0, 0.1) is 0 Å². The first kappa shape index (κ1) is 16.4. The van der Waals surface area contributed by atoms with Gasteiger partial charge in [-0.05, 0) is 38.5 Å². The summed E-state index contributed by atoms with van der Waals surface area (Å²) in [5, 5.41) is 3.91. The van der Waals surface area contributed by atoms with Gasteiger partial charge in [-0.2, -0.15) is 0 Å².